The van der Waals surface area contributed by atoms with E-state index in [9.17, 15) is 0 Å². The topological polar surface area (TPSA) is 0 Å². The van der Waals surface area contributed by atoms with E-state index in [1.807, 2.05) is 0 Å². The van der Waals surface area contributed by atoms with E-state index in [0.29, 0.717) is 0 Å². The quantitative estimate of drug-likeness (QED) is 0.521. The van der Waals surface area contributed by atoms with E-state index in [4.69, 9.17) is 0 Å². The van der Waals surface area contributed by atoms with Crippen molar-refractivity contribution in [2.45, 2.75) is 53.4 Å². The second-order valence-corrected chi connectivity index (χ2v) is 3.43. The van der Waals surface area contributed by atoms with Crippen molar-refractivity contribution < 1.29 is 0 Å². The molecule has 0 saturated heterocycles. The van der Waals surface area contributed by atoms with Gasteiger partial charge in [0.15, 0.2) is 0 Å². The maximum absolute atomic E-state index is 2.36. The molecule has 0 bridgehead atoms. The Kier molecular flexibility index (Phi) is 5.76. The lowest BCUT2D eigenvalue weighted by Crippen LogP contribution is -2.21. The number of rotatable bonds is 1. The van der Waals surface area contributed by atoms with E-state index in [1.165, 1.54) is 25.7 Å². The fourth-order valence-corrected chi connectivity index (χ4v) is 1.34. The molecular weight excluding hydrogens is 120 g/mol. The fraction of sp³-hybridized carbons (Fsp3) is 1.00. The van der Waals surface area contributed by atoms with Gasteiger partial charge in [-0.3, -0.25) is 0 Å². The summed E-state index contributed by atoms with van der Waals surface area (Å²) in [4.78, 5) is 0. The molecule has 1 aliphatic rings. The Morgan fingerprint density at radius 2 is 1.60 bits per heavy atom. The first-order valence-electron chi connectivity index (χ1n) is 4.76. The zero-order valence-electron chi connectivity index (χ0n) is 7.98. The first-order valence-corrected chi connectivity index (χ1v) is 4.76. The summed E-state index contributed by atoms with van der Waals surface area (Å²) < 4.78 is 0. The van der Waals surface area contributed by atoms with Crippen molar-refractivity contribution in [2.24, 2.45) is 11.8 Å². The van der Waals surface area contributed by atoms with E-state index in [-0.39, 0.29) is 0 Å². The predicted octanol–water partition coefficient (Wildman–Crippen LogP) is 3.86. The molecule has 2 atom stereocenters. The van der Waals surface area contributed by atoms with Gasteiger partial charge in [0.25, 0.3) is 0 Å². The van der Waals surface area contributed by atoms with E-state index in [2.05, 4.69) is 27.7 Å². The van der Waals surface area contributed by atoms with Crippen molar-refractivity contribution in [2.75, 3.05) is 0 Å². The molecule has 1 fully saturated rings. The minimum atomic E-state index is 1.05. The highest BCUT2D eigenvalue weighted by atomic mass is 14.3. The van der Waals surface area contributed by atoms with Crippen LogP contribution in [0.25, 0.3) is 0 Å². The molecule has 0 heterocycles. The molecular formula is C10H22. The molecule has 0 heteroatoms. The summed E-state index contributed by atoms with van der Waals surface area (Å²) in [6, 6.07) is 0. The third kappa shape index (κ3) is 3.24. The van der Waals surface area contributed by atoms with Crippen molar-refractivity contribution in [3.63, 3.8) is 0 Å². The molecule has 0 aliphatic heterocycles. The summed E-state index contributed by atoms with van der Waals surface area (Å²) in [5.41, 5.74) is 0. The minimum absolute atomic E-state index is 1.05. The van der Waals surface area contributed by atoms with Crippen LogP contribution in [-0.2, 0) is 0 Å². The highest BCUT2D eigenvalue weighted by Gasteiger charge is 2.23. The number of hydrogen-bond donors (Lipinski definition) is 0. The lowest BCUT2D eigenvalue weighted by molar-refractivity contribution is 0.190. The normalized spacial score (nSPS) is 30.0. The third-order valence-electron chi connectivity index (χ3n) is 2.32. The molecule has 1 aliphatic carbocycles. The van der Waals surface area contributed by atoms with Gasteiger partial charge in [-0.1, -0.05) is 47.0 Å². The molecule has 1 rings (SSSR count). The highest BCUT2D eigenvalue weighted by molar-refractivity contribution is 4.75. The van der Waals surface area contributed by atoms with Crippen LogP contribution in [0.4, 0.5) is 0 Å². The van der Waals surface area contributed by atoms with Gasteiger partial charge in [0, 0.05) is 0 Å². The zero-order chi connectivity index (χ0) is 7.98. The van der Waals surface area contributed by atoms with E-state index in [0.717, 1.165) is 11.8 Å². The predicted molar refractivity (Wildman–Crippen MR) is 48.1 cm³/mol. The first-order chi connectivity index (χ1) is 4.76. The van der Waals surface area contributed by atoms with Crippen LogP contribution < -0.4 is 0 Å². The summed E-state index contributed by atoms with van der Waals surface area (Å²) in [6.45, 7) is 8.90. The van der Waals surface area contributed by atoms with Gasteiger partial charge < -0.3 is 0 Å². The molecule has 0 aromatic carbocycles. The Labute approximate surface area is 66.0 Å². The summed E-state index contributed by atoms with van der Waals surface area (Å²) in [5, 5.41) is 0. The molecule has 62 valence electrons. The number of hydrogen-bond acceptors (Lipinski definition) is 0. The molecule has 0 nitrogen and oxygen atoms in total. The summed E-state index contributed by atoms with van der Waals surface area (Å²) >= 11 is 0. The SMILES string of the molecule is CCC.CCC1CCC1C. The van der Waals surface area contributed by atoms with Crippen molar-refractivity contribution in [3.05, 3.63) is 0 Å². The Morgan fingerprint density at radius 1 is 1.10 bits per heavy atom. The van der Waals surface area contributed by atoms with Crippen LogP contribution in [0.2, 0.25) is 0 Å². The molecule has 0 aromatic heterocycles. The smallest absolute Gasteiger partial charge is 0.0391 e. The van der Waals surface area contributed by atoms with Crippen LogP contribution in [0.1, 0.15) is 53.4 Å². The van der Waals surface area contributed by atoms with Crippen molar-refractivity contribution in [1.82, 2.24) is 0 Å². The standard InChI is InChI=1S/C7H14.C3H8/c1-3-7-5-4-6(7)2;1-3-2/h6-7H,3-5H2,1-2H3;3H2,1-2H3. The molecule has 10 heavy (non-hydrogen) atoms. The monoisotopic (exact) mass is 142 g/mol. The van der Waals surface area contributed by atoms with Crippen molar-refractivity contribution in [1.29, 1.82) is 0 Å². The summed E-state index contributed by atoms with van der Waals surface area (Å²) in [7, 11) is 0. The fourth-order valence-electron chi connectivity index (χ4n) is 1.34. The Morgan fingerprint density at radius 3 is 1.60 bits per heavy atom. The lowest BCUT2D eigenvalue weighted by Gasteiger charge is -2.32. The second kappa shape index (κ2) is 5.76. The lowest BCUT2D eigenvalue weighted by atomic mass is 9.74. The van der Waals surface area contributed by atoms with Gasteiger partial charge in [-0.2, -0.15) is 0 Å². The molecule has 0 N–H and O–H groups in total. The Hall–Kier alpha value is 0. The summed E-state index contributed by atoms with van der Waals surface area (Å²) in [5.74, 6) is 2.13. The van der Waals surface area contributed by atoms with E-state index in [1.54, 1.807) is 0 Å². The average Bonchev–Trinajstić information content (AvgIpc) is 1.88. The van der Waals surface area contributed by atoms with Gasteiger partial charge in [0.05, 0.1) is 0 Å². The maximum Gasteiger partial charge on any atom is -0.0391 e. The van der Waals surface area contributed by atoms with Crippen molar-refractivity contribution >= 4 is 0 Å². The third-order valence-corrected chi connectivity index (χ3v) is 2.32. The van der Waals surface area contributed by atoms with Crippen LogP contribution in [-0.4, -0.2) is 0 Å². The largest absolute Gasteiger partial charge is 0.0656 e. The Balaban J connectivity index is 0.000000236. The van der Waals surface area contributed by atoms with Crippen molar-refractivity contribution in [3.8, 4) is 0 Å². The molecule has 1 saturated carbocycles. The van der Waals surface area contributed by atoms with Crippen LogP contribution in [0.3, 0.4) is 0 Å². The highest BCUT2D eigenvalue weighted by Crippen LogP contribution is 2.35. The van der Waals surface area contributed by atoms with Crippen LogP contribution in [0.15, 0.2) is 0 Å². The first kappa shape index (κ1) is 10.0. The van der Waals surface area contributed by atoms with Gasteiger partial charge in [0.1, 0.15) is 0 Å². The van der Waals surface area contributed by atoms with E-state index >= 15 is 0 Å². The van der Waals surface area contributed by atoms with Crippen LogP contribution in [0, 0.1) is 11.8 Å². The van der Waals surface area contributed by atoms with E-state index < -0.39 is 0 Å². The average molecular weight is 142 g/mol. The maximum atomic E-state index is 2.36. The zero-order valence-corrected chi connectivity index (χ0v) is 7.98. The Bertz CT molecular complexity index is 64.4. The van der Waals surface area contributed by atoms with Gasteiger partial charge in [-0.15, -0.1) is 0 Å². The molecule has 0 spiro atoms. The van der Waals surface area contributed by atoms with Crippen LogP contribution >= 0.6 is 0 Å². The molecule has 0 radical (unpaired) electrons. The molecule has 2 unspecified atom stereocenters. The minimum Gasteiger partial charge on any atom is -0.0656 e. The summed E-state index contributed by atoms with van der Waals surface area (Å²) in [6.07, 6.45) is 5.64. The van der Waals surface area contributed by atoms with Gasteiger partial charge in [0.2, 0.25) is 0 Å². The van der Waals surface area contributed by atoms with Gasteiger partial charge in [-0.25, -0.2) is 0 Å². The van der Waals surface area contributed by atoms with Gasteiger partial charge in [-0.05, 0) is 18.3 Å². The second-order valence-electron chi connectivity index (χ2n) is 3.43. The van der Waals surface area contributed by atoms with Crippen LogP contribution in [0.5, 0.6) is 0 Å². The van der Waals surface area contributed by atoms with Gasteiger partial charge >= 0.3 is 0 Å². The molecule has 0 amide bonds. The molecule has 0 aromatic rings.